The molecule has 0 aliphatic carbocycles. The van der Waals surface area contributed by atoms with Crippen molar-refractivity contribution in [3.63, 3.8) is 0 Å². The van der Waals surface area contributed by atoms with Gasteiger partial charge in [0.05, 0.1) is 15.8 Å². The first kappa shape index (κ1) is 21.4. The van der Waals surface area contributed by atoms with Gasteiger partial charge in [-0.05, 0) is 18.2 Å². The predicted octanol–water partition coefficient (Wildman–Crippen LogP) is 2.63. The summed E-state index contributed by atoms with van der Waals surface area (Å²) in [4.78, 5) is 45.9. The molecule has 0 spiro atoms. The SMILES string of the molecule is CCc1nc(SCC(=O)Nc2ccc(Cl)c(Cl)c2)c2c(=O)n(C)c(=O)n(C)c2n1. The van der Waals surface area contributed by atoms with Gasteiger partial charge in [-0.25, -0.2) is 14.8 Å². The number of anilines is 1. The molecule has 0 fully saturated rings. The maximum absolute atomic E-state index is 12.7. The van der Waals surface area contributed by atoms with Crippen LogP contribution in [-0.4, -0.2) is 30.8 Å². The molecule has 2 aromatic heterocycles. The van der Waals surface area contributed by atoms with Gasteiger partial charge in [0.15, 0.2) is 5.65 Å². The van der Waals surface area contributed by atoms with Gasteiger partial charge >= 0.3 is 5.69 Å². The largest absolute Gasteiger partial charge is 0.332 e. The van der Waals surface area contributed by atoms with Gasteiger partial charge in [-0.2, -0.15) is 0 Å². The molecule has 1 N–H and O–H groups in total. The van der Waals surface area contributed by atoms with Gasteiger partial charge in [0.2, 0.25) is 5.91 Å². The molecule has 2 heterocycles. The Labute approximate surface area is 179 Å². The van der Waals surface area contributed by atoms with E-state index >= 15 is 0 Å². The summed E-state index contributed by atoms with van der Waals surface area (Å²) in [5.41, 5.74) is -0.225. The fourth-order valence-electron chi connectivity index (χ4n) is 2.64. The highest BCUT2D eigenvalue weighted by molar-refractivity contribution is 8.00. The van der Waals surface area contributed by atoms with E-state index in [1.54, 1.807) is 25.2 Å². The topological polar surface area (TPSA) is 98.9 Å². The van der Waals surface area contributed by atoms with E-state index in [1.165, 1.54) is 11.6 Å². The molecule has 29 heavy (non-hydrogen) atoms. The number of carbonyl (C=O) groups excluding carboxylic acids is 1. The van der Waals surface area contributed by atoms with Crippen LogP contribution in [0.5, 0.6) is 0 Å². The minimum atomic E-state index is -0.502. The molecule has 0 radical (unpaired) electrons. The van der Waals surface area contributed by atoms with E-state index in [9.17, 15) is 14.4 Å². The lowest BCUT2D eigenvalue weighted by Crippen LogP contribution is -2.37. The molecular weight excluding hydrogens is 437 g/mol. The second kappa shape index (κ2) is 8.56. The number of benzene rings is 1. The van der Waals surface area contributed by atoms with Gasteiger partial charge in [-0.3, -0.25) is 18.7 Å². The number of hydrogen-bond donors (Lipinski definition) is 1. The Balaban J connectivity index is 1.93. The van der Waals surface area contributed by atoms with Crippen LogP contribution >= 0.6 is 35.0 Å². The quantitative estimate of drug-likeness (QED) is 0.470. The van der Waals surface area contributed by atoms with Crippen LogP contribution in [0.1, 0.15) is 12.7 Å². The Hall–Kier alpha value is -2.36. The van der Waals surface area contributed by atoms with E-state index in [4.69, 9.17) is 23.2 Å². The monoisotopic (exact) mass is 453 g/mol. The summed E-state index contributed by atoms with van der Waals surface area (Å²) in [6.07, 6.45) is 0.516. The lowest BCUT2D eigenvalue weighted by molar-refractivity contribution is -0.113. The molecule has 0 unspecified atom stereocenters. The van der Waals surface area contributed by atoms with Crippen LogP contribution in [-0.2, 0) is 25.3 Å². The number of aromatic nitrogens is 4. The van der Waals surface area contributed by atoms with Crippen LogP contribution in [0.4, 0.5) is 5.69 Å². The summed E-state index contributed by atoms with van der Waals surface area (Å²) < 4.78 is 2.30. The Morgan fingerprint density at radius 3 is 2.52 bits per heavy atom. The van der Waals surface area contributed by atoms with E-state index < -0.39 is 11.2 Å². The van der Waals surface area contributed by atoms with Crippen LogP contribution in [0, 0.1) is 0 Å². The molecule has 11 heteroatoms. The standard InChI is InChI=1S/C18H17Cl2N5O3S/c1-4-12-22-15-14(17(27)25(3)18(28)24(15)2)16(23-12)29-8-13(26)21-9-5-6-10(19)11(20)7-9/h5-7H,4,8H2,1-3H3,(H,21,26). The Morgan fingerprint density at radius 2 is 1.86 bits per heavy atom. The summed E-state index contributed by atoms with van der Waals surface area (Å²) in [6.45, 7) is 1.87. The average molecular weight is 454 g/mol. The number of amides is 1. The molecule has 0 bridgehead atoms. The number of rotatable bonds is 5. The minimum Gasteiger partial charge on any atom is -0.325 e. The van der Waals surface area contributed by atoms with Crippen LogP contribution in [0.25, 0.3) is 11.0 Å². The molecule has 1 amide bonds. The van der Waals surface area contributed by atoms with E-state index in [-0.39, 0.29) is 22.7 Å². The Morgan fingerprint density at radius 1 is 1.14 bits per heavy atom. The Bertz CT molecular complexity index is 1240. The van der Waals surface area contributed by atoms with Crippen molar-refractivity contribution in [2.45, 2.75) is 18.4 Å². The summed E-state index contributed by atoms with van der Waals surface area (Å²) >= 11 is 12.9. The first-order chi connectivity index (χ1) is 13.7. The molecule has 152 valence electrons. The number of hydrogen-bond acceptors (Lipinski definition) is 6. The third-order valence-corrected chi connectivity index (χ3v) is 5.89. The molecule has 3 aromatic rings. The predicted molar refractivity (Wildman–Crippen MR) is 115 cm³/mol. The highest BCUT2D eigenvalue weighted by atomic mass is 35.5. The smallest absolute Gasteiger partial charge is 0.325 e. The number of aryl methyl sites for hydroxylation is 2. The summed E-state index contributed by atoms with van der Waals surface area (Å²) in [5, 5.41) is 4.00. The van der Waals surface area contributed by atoms with Gasteiger partial charge in [-0.1, -0.05) is 41.9 Å². The normalized spacial score (nSPS) is 11.1. The van der Waals surface area contributed by atoms with Crippen molar-refractivity contribution < 1.29 is 4.79 Å². The molecular formula is C18H17Cl2N5O3S. The second-order valence-corrected chi connectivity index (χ2v) is 7.95. The van der Waals surface area contributed by atoms with Crippen LogP contribution in [0.2, 0.25) is 10.0 Å². The third-order valence-electron chi connectivity index (χ3n) is 4.17. The van der Waals surface area contributed by atoms with Crippen LogP contribution in [0.3, 0.4) is 0 Å². The summed E-state index contributed by atoms with van der Waals surface area (Å²) in [7, 11) is 2.94. The molecule has 1 aromatic carbocycles. The third kappa shape index (κ3) is 4.31. The fourth-order valence-corrected chi connectivity index (χ4v) is 3.77. The second-order valence-electron chi connectivity index (χ2n) is 6.17. The van der Waals surface area contributed by atoms with Crippen molar-refractivity contribution in [2.75, 3.05) is 11.1 Å². The number of fused-ring (bicyclic) bond motifs is 1. The molecule has 3 rings (SSSR count). The number of thioether (sulfide) groups is 1. The van der Waals surface area contributed by atoms with Crippen LogP contribution in [0.15, 0.2) is 32.8 Å². The highest BCUT2D eigenvalue weighted by Crippen LogP contribution is 2.26. The Kier molecular flexibility index (Phi) is 6.30. The van der Waals surface area contributed by atoms with Crippen LogP contribution < -0.4 is 16.6 Å². The molecule has 0 aliphatic heterocycles. The zero-order chi connectivity index (χ0) is 21.3. The van der Waals surface area contributed by atoms with Crippen molar-refractivity contribution in [3.05, 3.63) is 54.9 Å². The highest BCUT2D eigenvalue weighted by Gasteiger charge is 2.18. The van der Waals surface area contributed by atoms with E-state index in [0.29, 0.717) is 33.0 Å². The van der Waals surface area contributed by atoms with Crippen molar-refractivity contribution in [2.24, 2.45) is 14.1 Å². The van der Waals surface area contributed by atoms with Crippen molar-refractivity contribution in [1.29, 1.82) is 0 Å². The maximum Gasteiger partial charge on any atom is 0.332 e. The lowest BCUT2D eigenvalue weighted by atomic mass is 10.3. The van der Waals surface area contributed by atoms with E-state index in [1.807, 2.05) is 6.92 Å². The number of nitrogens with zero attached hydrogens (tertiary/aromatic N) is 4. The van der Waals surface area contributed by atoms with Crippen molar-refractivity contribution in [1.82, 2.24) is 19.1 Å². The fraction of sp³-hybridized carbons (Fsp3) is 0.278. The summed E-state index contributed by atoms with van der Waals surface area (Å²) in [5.74, 6) is 0.176. The van der Waals surface area contributed by atoms with Gasteiger partial charge in [0, 0.05) is 26.2 Å². The minimum absolute atomic E-state index is 0.00150. The van der Waals surface area contributed by atoms with Crippen molar-refractivity contribution in [3.8, 4) is 0 Å². The van der Waals surface area contributed by atoms with E-state index in [2.05, 4.69) is 15.3 Å². The molecule has 0 aliphatic rings. The average Bonchev–Trinajstić information content (AvgIpc) is 2.71. The first-order valence-corrected chi connectivity index (χ1v) is 10.3. The van der Waals surface area contributed by atoms with Crippen molar-refractivity contribution >= 4 is 57.6 Å². The number of carbonyl (C=O) groups is 1. The van der Waals surface area contributed by atoms with Gasteiger partial charge in [0.25, 0.3) is 5.56 Å². The maximum atomic E-state index is 12.7. The molecule has 8 nitrogen and oxygen atoms in total. The molecule has 0 saturated heterocycles. The van der Waals surface area contributed by atoms with E-state index in [0.717, 1.165) is 16.3 Å². The zero-order valence-corrected chi connectivity index (χ0v) is 18.2. The lowest BCUT2D eigenvalue weighted by Gasteiger charge is -2.11. The van der Waals surface area contributed by atoms with Gasteiger partial charge in [0.1, 0.15) is 16.2 Å². The molecule has 0 atom stereocenters. The number of nitrogens with one attached hydrogen (secondary N) is 1. The number of halogens is 2. The first-order valence-electron chi connectivity index (χ1n) is 8.57. The molecule has 0 saturated carbocycles. The van der Waals surface area contributed by atoms with Gasteiger partial charge < -0.3 is 5.32 Å². The van der Waals surface area contributed by atoms with Gasteiger partial charge in [-0.15, -0.1) is 0 Å². The summed E-state index contributed by atoms with van der Waals surface area (Å²) in [6, 6.07) is 4.77. The zero-order valence-electron chi connectivity index (χ0n) is 15.8.